The van der Waals surface area contributed by atoms with Crippen molar-refractivity contribution in [2.45, 2.75) is 10.9 Å². The number of nitrogen functional groups attached to an aromatic ring is 1. The number of nitrogens with zero attached hydrogens (tertiary/aromatic N) is 9. The standard InChI is InChI=1S/C14H13N11O2S2/c1-24-7-17-20-14(24)29-6-9-10(13(26)19-16-5-8-3-2-4-28-8)18-23-25(9)12-11(15)21-27-22-12/h2-5,7H,6H2,1H3,(H2,15,21)(H,19,26)/b16-5-. The molecule has 3 N–H and O–H groups in total. The van der Waals surface area contributed by atoms with Crippen molar-refractivity contribution in [3.63, 3.8) is 0 Å². The molecule has 0 aromatic carbocycles. The fourth-order valence-electron chi connectivity index (χ4n) is 2.22. The minimum absolute atomic E-state index is 0.0162. The van der Waals surface area contributed by atoms with Gasteiger partial charge in [-0.05, 0) is 21.8 Å². The first kappa shape index (κ1) is 18.8. The molecule has 0 saturated heterocycles. The molecule has 0 atom stereocenters. The lowest BCUT2D eigenvalue weighted by Crippen LogP contribution is -2.20. The molecule has 0 radical (unpaired) electrons. The summed E-state index contributed by atoms with van der Waals surface area (Å²) in [5.74, 6) is -0.106. The Kier molecular flexibility index (Phi) is 5.30. The molecule has 0 saturated carbocycles. The summed E-state index contributed by atoms with van der Waals surface area (Å²) in [6.45, 7) is 0. The normalized spacial score (nSPS) is 11.3. The molecule has 0 spiro atoms. The van der Waals surface area contributed by atoms with Crippen LogP contribution in [0.2, 0.25) is 0 Å². The third-order valence-electron chi connectivity index (χ3n) is 3.58. The van der Waals surface area contributed by atoms with Crippen LogP contribution in [0.15, 0.2) is 38.7 Å². The summed E-state index contributed by atoms with van der Waals surface area (Å²) in [5.41, 5.74) is 8.69. The predicted octanol–water partition coefficient (Wildman–Crippen LogP) is 0.479. The smallest absolute Gasteiger partial charge is 0.293 e. The van der Waals surface area contributed by atoms with Crippen LogP contribution in [0.5, 0.6) is 0 Å². The van der Waals surface area contributed by atoms with Gasteiger partial charge < -0.3 is 10.3 Å². The number of rotatable bonds is 7. The van der Waals surface area contributed by atoms with Gasteiger partial charge in [0.1, 0.15) is 6.33 Å². The molecule has 15 heteroatoms. The molecule has 0 unspecified atom stereocenters. The first-order chi connectivity index (χ1) is 14.1. The van der Waals surface area contributed by atoms with Gasteiger partial charge in [-0.25, -0.2) is 10.1 Å². The Labute approximate surface area is 171 Å². The first-order valence-corrected chi connectivity index (χ1v) is 9.86. The number of carbonyl (C=O) groups is 1. The monoisotopic (exact) mass is 431 g/mol. The third-order valence-corrected chi connectivity index (χ3v) is 5.44. The van der Waals surface area contributed by atoms with E-state index in [0.717, 1.165) is 4.88 Å². The number of hydrogen-bond acceptors (Lipinski definition) is 12. The minimum Gasteiger partial charge on any atom is -0.378 e. The second-order valence-corrected chi connectivity index (χ2v) is 7.42. The van der Waals surface area contributed by atoms with Gasteiger partial charge in [-0.3, -0.25) is 4.79 Å². The van der Waals surface area contributed by atoms with Crippen LogP contribution in [0.1, 0.15) is 21.1 Å². The first-order valence-electron chi connectivity index (χ1n) is 8.00. The zero-order valence-corrected chi connectivity index (χ0v) is 16.5. The Hall–Kier alpha value is -3.59. The molecule has 4 rings (SSSR count). The topological polar surface area (TPSA) is 168 Å². The van der Waals surface area contributed by atoms with E-state index in [1.807, 2.05) is 24.6 Å². The summed E-state index contributed by atoms with van der Waals surface area (Å²) in [6, 6.07) is 3.76. The predicted molar refractivity (Wildman–Crippen MR) is 104 cm³/mol. The van der Waals surface area contributed by atoms with E-state index >= 15 is 0 Å². The van der Waals surface area contributed by atoms with E-state index in [-0.39, 0.29) is 23.1 Å². The molecule has 0 aliphatic heterocycles. The minimum atomic E-state index is -0.535. The van der Waals surface area contributed by atoms with Gasteiger partial charge in [-0.1, -0.05) is 23.0 Å². The Morgan fingerprint density at radius 3 is 3.03 bits per heavy atom. The second kappa shape index (κ2) is 8.19. The molecule has 4 aromatic rings. The van der Waals surface area contributed by atoms with Gasteiger partial charge in [0.2, 0.25) is 11.6 Å². The molecular formula is C14H13N11O2S2. The van der Waals surface area contributed by atoms with Crippen molar-refractivity contribution in [3.05, 3.63) is 40.1 Å². The van der Waals surface area contributed by atoms with Crippen LogP contribution in [0.4, 0.5) is 5.82 Å². The van der Waals surface area contributed by atoms with E-state index in [9.17, 15) is 4.79 Å². The van der Waals surface area contributed by atoms with Crippen LogP contribution in [0.25, 0.3) is 5.82 Å². The van der Waals surface area contributed by atoms with Gasteiger partial charge in [0.05, 0.1) is 11.9 Å². The Bertz CT molecular complexity index is 1140. The number of nitrogens with two attached hydrogens (primary N) is 1. The van der Waals surface area contributed by atoms with Gasteiger partial charge >= 0.3 is 0 Å². The molecule has 4 aromatic heterocycles. The van der Waals surface area contributed by atoms with E-state index in [1.165, 1.54) is 27.8 Å². The van der Waals surface area contributed by atoms with Crippen molar-refractivity contribution in [1.29, 1.82) is 0 Å². The van der Waals surface area contributed by atoms with Crippen LogP contribution in [0.3, 0.4) is 0 Å². The highest BCUT2D eigenvalue weighted by Crippen LogP contribution is 2.24. The van der Waals surface area contributed by atoms with Gasteiger partial charge in [0.15, 0.2) is 10.9 Å². The van der Waals surface area contributed by atoms with Crippen LogP contribution < -0.4 is 11.2 Å². The Morgan fingerprint density at radius 1 is 1.45 bits per heavy atom. The van der Waals surface area contributed by atoms with E-state index in [2.05, 4.69) is 46.0 Å². The summed E-state index contributed by atoms with van der Waals surface area (Å²) in [4.78, 5) is 13.5. The average molecular weight is 431 g/mol. The molecule has 0 bridgehead atoms. The fraction of sp³-hybridized carbons (Fsp3) is 0.143. The summed E-state index contributed by atoms with van der Waals surface area (Å²) in [5, 5.41) is 29.5. The van der Waals surface area contributed by atoms with Crippen molar-refractivity contribution in [1.82, 2.24) is 45.5 Å². The summed E-state index contributed by atoms with van der Waals surface area (Å²) in [7, 11) is 1.81. The molecule has 0 aliphatic carbocycles. The van der Waals surface area contributed by atoms with Crippen molar-refractivity contribution in [3.8, 4) is 5.82 Å². The number of aromatic nitrogens is 8. The number of hydrazone groups is 1. The number of hydrogen-bond donors (Lipinski definition) is 2. The molecule has 29 heavy (non-hydrogen) atoms. The Morgan fingerprint density at radius 2 is 2.34 bits per heavy atom. The second-order valence-electron chi connectivity index (χ2n) is 5.50. The summed E-state index contributed by atoms with van der Waals surface area (Å²) < 4.78 is 7.68. The molecule has 1 amide bonds. The molecule has 0 aliphatic rings. The lowest BCUT2D eigenvalue weighted by atomic mass is 10.3. The van der Waals surface area contributed by atoms with E-state index in [0.29, 0.717) is 10.9 Å². The van der Waals surface area contributed by atoms with Gasteiger partial charge in [-0.15, -0.1) is 26.6 Å². The van der Waals surface area contributed by atoms with E-state index < -0.39 is 5.91 Å². The zero-order valence-electron chi connectivity index (χ0n) is 14.8. The quantitative estimate of drug-likeness (QED) is 0.238. The van der Waals surface area contributed by atoms with Crippen molar-refractivity contribution < 1.29 is 9.42 Å². The summed E-state index contributed by atoms with van der Waals surface area (Å²) in [6.07, 6.45) is 3.12. The lowest BCUT2D eigenvalue weighted by Gasteiger charge is -2.05. The SMILES string of the molecule is Cn1cnnc1SCc1c(C(=O)N/N=C\c2cccs2)nnn1-c1nonc1N. The number of carbonyl (C=O) groups excluding carboxylic acids is 1. The highest BCUT2D eigenvalue weighted by molar-refractivity contribution is 7.98. The lowest BCUT2D eigenvalue weighted by molar-refractivity contribution is 0.0949. The van der Waals surface area contributed by atoms with Crippen LogP contribution >= 0.6 is 23.1 Å². The number of aryl methyl sites for hydroxylation is 1. The van der Waals surface area contributed by atoms with Crippen molar-refractivity contribution in [2.24, 2.45) is 12.1 Å². The van der Waals surface area contributed by atoms with Crippen molar-refractivity contribution in [2.75, 3.05) is 5.73 Å². The van der Waals surface area contributed by atoms with Crippen LogP contribution in [0, 0.1) is 0 Å². The maximum Gasteiger partial charge on any atom is 0.293 e. The fourth-order valence-corrected chi connectivity index (χ4v) is 3.69. The molecule has 148 valence electrons. The van der Waals surface area contributed by atoms with Crippen molar-refractivity contribution >= 4 is 41.0 Å². The van der Waals surface area contributed by atoms with E-state index in [1.54, 1.807) is 17.1 Å². The van der Waals surface area contributed by atoms with Gasteiger partial charge in [-0.2, -0.15) is 9.78 Å². The molecule has 4 heterocycles. The Balaban J connectivity index is 1.60. The average Bonchev–Trinajstić information content (AvgIpc) is 3.48. The number of thiophene rings is 1. The summed E-state index contributed by atoms with van der Waals surface area (Å²) >= 11 is 2.83. The molecule has 13 nitrogen and oxygen atoms in total. The maximum atomic E-state index is 12.6. The van der Waals surface area contributed by atoms with Crippen LogP contribution in [-0.4, -0.2) is 52.2 Å². The highest BCUT2D eigenvalue weighted by atomic mass is 32.2. The number of thioether (sulfide) groups is 1. The number of nitrogens with one attached hydrogen (secondary N) is 1. The van der Waals surface area contributed by atoms with E-state index in [4.69, 9.17) is 5.73 Å². The number of amides is 1. The van der Waals surface area contributed by atoms with Gasteiger partial charge in [0, 0.05) is 17.7 Å². The van der Waals surface area contributed by atoms with Crippen LogP contribution in [-0.2, 0) is 12.8 Å². The number of anilines is 1. The maximum absolute atomic E-state index is 12.6. The molecule has 0 fully saturated rings. The largest absolute Gasteiger partial charge is 0.378 e. The molecular weight excluding hydrogens is 418 g/mol. The third kappa shape index (κ3) is 3.99. The zero-order chi connectivity index (χ0) is 20.2. The van der Waals surface area contributed by atoms with Gasteiger partial charge in [0.25, 0.3) is 5.91 Å². The highest BCUT2D eigenvalue weighted by Gasteiger charge is 2.24.